The molecule has 0 heterocycles. The lowest BCUT2D eigenvalue weighted by molar-refractivity contribution is -0.116. The van der Waals surface area contributed by atoms with E-state index in [0.29, 0.717) is 12.1 Å². The molecule has 0 aliphatic carbocycles. The van der Waals surface area contributed by atoms with Crippen molar-refractivity contribution in [3.05, 3.63) is 59.7 Å². The van der Waals surface area contributed by atoms with E-state index < -0.39 is 5.97 Å². The summed E-state index contributed by atoms with van der Waals surface area (Å²) in [6.07, 6.45) is 1.33. The summed E-state index contributed by atoms with van der Waals surface area (Å²) in [7, 11) is 0. The number of Topliss-reactive ketones (excluding diaryl/α,β-unsaturated/α-hetero) is 1. The zero-order chi connectivity index (χ0) is 17.2. The molecule has 0 atom stereocenters. The first-order valence-corrected chi connectivity index (χ1v) is 7.00. The Balaban J connectivity index is 0.000000231. The lowest BCUT2D eigenvalue weighted by Gasteiger charge is -1.98. The second-order valence-corrected chi connectivity index (χ2v) is 4.85. The van der Waals surface area contributed by atoms with Gasteiger partial charge in [-0.3, -0.25) is 4.99 Å². The fourth-order valence-electron chi connectivity index (χ4n) is 1.78. The predicted molar refractivity (Wildman–Crippen MR) is 89.7 cm³/mol. The number of rotatable bonds is 5. The number of para-hydroxylation sites is 1. The molecule has 0 bridgehead atoms. The first-order chi connectivity index (χ1) is 10.9. The second kappa shape index (κ2) is 9.15. The zero-order valence-corrected chi connectivity index (χ0v) is 12.9. The Morgan fingerprint density at radius 3 is 2.17 bits per heavy atom. The number of benzene rings is 2. The molecule has 2 aromatic rings. The summed E-state index contributed by atoms with van der Waals surface area (Å²) >= 11 is 0. The first kappa shape index (κ1) is 18.1. The Morgan fingerprint density at radius 1 is 1.09 bits per heavy atom. The molecule has 0 unspecified atom stereocenters. The minimum atomic E-state index is -0.979. The largest absolute Gasteiger partial charge is 0.508 e. The molecule has 0 amide bonds. The van der Waals surface area contributed by atoms with Crippen molar-refractivity contribution in [2.24, 2.45) is 4.99 Å². The van der Waals surface area contributed by atoms with E-state index in [-0.39, 0.29) is 17.1 Å². The van der Waals surface area contributed by atoms with Crippen LogP contribution in [0.5, 0.6) is 5.75 Å². The van der Waals surface area contributed by atoms with Gasteiger partial charge >= 0.3 is 5.97 Å². The molecule has 2 N–H and O–H groups in total. The lowest BCUT2D eigenvalue weighted by Crippen LogP contribution is -1.95. The van der Waals surface area contributed by atoms with Gasteiger partial charge in [0.2, 0.25) is 0 Å². The smallest absolute Gasteiger partial charge is 0.337 e. The van der Waals surface area contributed by atoms with E-state index in [1.165, 1.54) is 6.07 Å². The Morgan fingerprint density at radius 2 is 1.70 bits per heavy atom. The third kappa shape index (κ3) is 6.56. The number of phenols is 1. The molecule has 0 saturated carbocycles. The molecule has 23 heavy (non-hydrogen) atoms. The monoisotopic (exact) mass is 313 g/mol. The van der Waals surface area contributed by atoms with Crippen LogP contribution in [0.2, 0.25) is 0 Å². The van der Waals surface area contributed by atoms with Crippen molar-refractivity contribution in [3.63, 3.8) is 0 Å². The van der Waals surface area contributed by atoms with Crippen molar-refractivity contribution in [3.8, 4) is 5.75 Å². The van der Waals surface area contributed by atoms with Gasteiger partial charge in [-0.15, -0.1) is 0 Å². The normalized spacial score (nSPS) is 9.43. The highest BCUT2D eigenvalue weighted by Crippen LogP contribution is 2.16. The lowest BCUT2D eigenvalue weighted by atomic mass is 10.1. The van der Waals surface area contributed by atoms with Crippen LogP contribution in [0.15, 0.2) is 53.5 Å². The van der Waals surface area contributed by atoms with E-state index in [4.69, 9.17) is 10.2 Å². The van der Waals surface area contributed by atoms with E-state index in [0.717, 1.165) is 12.0 Å². The number of carboxylic acid groups (broad SMARTS) is 1. The molecule has 2 rings (SSSR count). The highest BCUT2D eigenvalue weighted by Gasteiger charge is 2.05. The molecule has 120 valence electrons. The number of hydrogen-bond donors (Lipinski definition) is 2. The number of carboxylic acids is 1. The Kier molecular flexibility index (Phi) is 7.20. The van der Waals surface area contributed by atoms with Crippen molar-refractivity contribution in [1.29, 1.82) is 0 Å². The molecule has 2 aromatic carbocycles. The van der Waals surface area contributed by atoms with Gasteiger partial charge in [0, 0.05) is 6.42 Å². The number of aromatic hydroxyl groups is 1. The molecule has 0 saturated heterocycles. The maximum Gasteiger partial charge on any atom is 0.337 e. The Bertz CT molecular complexity index is 678. The number of nitrogens with zero attached hydrogens (tertiary/aromatic N) is 1. The third-order valence-corrected chi connectivity index (χ3v) is 3.01. The molecule has 0 aliphatic heterocycles. The van der Waals surface area contributed by atoms with Gasteiger partial charge in [0.1, 0.15) is 11.5 Å². The van der Waals surface area contributed by atoms with Crippen LogP contribution < -0.4 is 0 Å². The molecule has 0 spiro atoms. The average Bonchev–Trinajstić information content (AvgIpc) is 2.54. The fraction of sp³-hybridized carbons (Fsp3) is 0.167. The summed E-state index contributed by atoms with van der Waals surface area (Å²) in [5.74, 6) is -0.516. The second-order valence-electron chi connectivity index (χ2n) is 4.85. The minimum absolute atomic E-state index is 0.183. The van der Waals surface area contributed by atoms with E-state index in [1.54, 1.807) is 37.3 Å². The van der Waals surface area contributed by atoms with Gasteiger partial charge in [0.25, 0.3) is 0 Å². The molecule has 0 fully saturated rings. The third-order valence-electron chi connectivity index (χ3n) is 3.01. The number of ketones is 1. The number of carbonyl (C=O) groups excluding carboxylic acids is 1. The molecule has 5 nitrogen and oxygen atoms in total. The molecule has 0 aromatic heterocycles. The molecular weight excluding hydrogens is 294 g/mol. The van der Waals surface area contributed by atoms with E-state index in [9.17, 15) is 9.59 Å². The SMILES string of the molecule is C=Nc1ccccc1C(=O)O.CC(=O)CCc1ccc(O)cc1. The highest BCUT2D eigenvalue weighted by atomic mass is 16.4. The van der Waals surface area contributed by atoms with Gasteiger partial charge in [0.15, 0.2) is 0 Å². The van der Waals surface area contributed by atoms with Crippen LogP contribution in [0.3, 0.4) is 0 Å². The first-order valence-electron chi connectivity index (χ1n) is 7.00. The number of aryl methyl sites for hydroxylation is 1. The molecule has 5 heteroatoms. The van der Waals surface area contributed by atoms with Crippen molar-refractivity contribution >= 4 is 24.2 Å². The van der Waals surface area contributed by atoms with Gasteiger partial charge in [0.05, 0.1) is 11.3 Å². The highest BCUT2D eigenvalue weighted by molar-refractivity contribution is 5.93. The van der Waals surface area contributed by atoms with Gasteiger partial charge < -0.3 is 15.0 Å². The summed E-state index contributed by atoms with van der Waals surface area (Å²) in [5.41, 5.74) is 1.67. The number of carbonyl (C=O) groups is 2. The van der Waals surface area contributed by atoms with Crippen LogP contribution in [0.1, 0.15) is 29.3 Å². The fourth-order valence-corrected chi connectivity index (χ4v) is 1.78. The number of aromatic carboxylic acids is 1. The van der Waals surface area contributed by atoms with Gasteiger partial charge in [-0.1, -0.05) is 24.3 Å². The van der Waals surface area contributed by atoms with Crippen molar-refractivity contribution in [1.82, 2.24) is 0 Å². The maximum absolute atomic E-state index is 10.6. The maximum atomic E-state index is 10.6. The average molecular weight is 313 g/mol. The summed E-state index contributed by atoms with van der Waals surface area (Å²) in [6.45, 7) is 4.84. The number of phenolic OH excluding ortho intramolecular Hbond substituents is 1. The van der Waals surface area contributed by atoms with Gasteiger partial charge in [-0.25, -0.2) is 4.79 Å². The number of hydrogen-bond acceptors (Lipinski definition) is 4. The van der Waals surface area contributed by atoms with E-state index in [1.807, 2.05) is 12.1 Å². The zero-order valence-electron chi connectivity index (χ0n) is 12.9. The van der Waals surface area contributed by atoms with Crippen LogP contribution >= 0.6 is 0 Å². The minimum Gasteiger partial charge on any atom is -0.508 e. The summed E-state index contributed by atoms with van der Waals surface area (Å²) in [6, 6.07) is 13.4. The van der Waals surface area contributed by atoms with Crippen molar-refractivity contribution < 1.29 is 19.8 Å². The van der Waals surface area contributed by atoms with Crippen molar-refractivity contribution in [2.75, 3.05) is 0 Å². The van der Waals surface area contributed by atoms with Crippen LogP contribution in [-0.2, 0) is 11.2 Å². The van der Waals surface area contributed by atoms with Crippen LogP contribution in [0.25, 0.3) is 0 Å². The van der Waals surface area contributed by atoms with Crippen molar-refractivity contribution in [2.45, 2.75) is 19.8 Å². The Hall–Kier alpha value is -2.95. The summed E-state index contributed by atoms with van der Waals surface area (Å²) < 4.78 is 0. The Labute approximate surface area is 134 Å². The van der Waals surface area contributed by atoms with E-state index >= 15 is 0 Å². The van der Waals surface area contributed by atoms with Crippen LogP contribution in [0, 0.1) is 0 Å². The predicted octanol–water partition coefficient (Wildman–Crippen LogP) is 3.63. The van der Waals surface area contributed by atoms with Gasteiger partial charge in [-0.05, 0) is 49.9 Å². The van der Waals surface area contributed by atoms with Gasteiger partial charge in [-0.2, -0.15) is 0 Å². The number of aliphatic imine (C=N–C) groups is 1. The van der Waals surface area contributed by atoms with E-state index in [2.05, 4.69) is 11.7 Å². The van der Waals surface area contributed by atoms with Crippen LogP contribution in [0.4, 0.5) is 5.69 Å². The topological polar surface area (TPSA) is 87.0 Å². The molecular formula is C18H19NO4. The molecule has 0 aliphatic rings. The quantitative estimate of drug-likeness (QED) is 0.825. The standard InChI is InChI=1S/C10H12O2.C8H7NO2/c1-8(11)2-3-9-4-6-10(12)7-5-9;1-9-7-5-3-2-4-6(7)8(10)11/h4-7,12H,2-3H2,1H3;2-5H,1H2,(H,10,11). The summed E-state index contributed by atoms with van der Waals surface area (Å²) in [5, 5.41) is 17.6. The molecule has 0 radical (unpaired) electrons. The van der Waals surface area contributed by atoms with Crippen LogP contribution in [-0.4, -0.2) is 28.7 Å². The summed E-state index contributed by atoms with van der Waals surface area (Å²) in [4.78, 5) is 24.7.